The van der Waals surface area contributed by atoms with E-state index in [2.05, 4.69) is 21.3 Å². The lowest BCUT2D eigenvalue weighted by Gasteiger charge is -2.23. The minimum absolute atomic E-state index is 0.0592. The second-order valence-electron chi connectivity index (χ2n) is 11.1. The van der Waals surface area contributed by atoms with Gasteiger partial charge in [-0.2, -0.15) is 0 Å². The molecule has 7 amide bonds. The van der Waals surface area contributed by atoms with E-state index in [1.165, 1.54) is 0 Å². The molecule has 15 nitrogen and oxygen atoms in total. The Kier molecular flexibility index (Phi) is 19.9. The van der Waals surface area contributed by atoms with E-state index in [1.807, 2.05) is 13.8 Å². The molecule has 1 saturated heterocycles. The van der Waals surface area contributed by atoms with Crippen molar-refractivity contribution in [2.45, 2.75) is 74.0 Å². The molecule has 1 aromatic rings. The Morgan fingerprint density at radius 1 is 0.978 bits per heavy atom. The van der Waals surface area contributed by atoms with E-state index in [9.17, 15) is 33.6 Å². The molecule has 1 aliphatic heterocycles. The van der Waals surface area contributed by atoms with E-state index in [0.717, 1.165) is 23.4 Å². The van der Waals surface area contributed by atoms with Crippen molar-refractivity contribution in [1.82, 2.24) is 20.9 Å². The first-order valence-corrected chi connectivity index (χ1v) is 15.3. The number of ether oxygens (including phenoxy) is 1. The van der Waals surface area contributed by atoms with E-state index in [1.54, 1.807) is 58.9 Å². The molecule has 1 heterocycles. The molecule has 2 unspecified atom stereocenters. The van der Waals surface area contributed by atoms with Gasteiger partial charge in [0, 0.05) is 24.6 Å². The highest BCUT2D eigenvalue weighted by Gasteiger charge is 2.37. The van der Waals surface area contributed by atoms with Gasteiger partial charge >= 0.3 is 12.0 Å². The van der Waals surface area contributed by atoms with Crippen LogP contribution < -0.4 is 32.7 Å². The van der Waals surface area contributed by atoms with Crippen LogP contribution >= 0.6 is 0 Å². The second-order valence-corrected chi connectivity index (χ2v) is 11.1. The highest BCUT2D eigenvalue weighted by molar-refractivity contribution is 6.06. The zero-order valence-electron chi connectivity index (χ0n) is 27.9. The SMILES string of the molecule is CC(C)C(=O)OCc1ccc(NC(=O)CNC(=O)C(NC(=O)CN2C(=O)CC(C)C2=O)C(C)C)cc1.CCCNC(N)=O.CCN. The third-order valence-corrected chi connectivity index (χ3v) is 6.10. The molecule has 0 bridgehead atoms. The molecule has 0 saturated carbocycles. The molecule has 0 aliphatic carbocycles. The maximum absolute atomic E-state index is 12.6. The summed E-state index contributed by atoms with van der Waals surface area (Å²) in [6.45, 7) is 13.2. The number of esters is 1. The van der Waals surface area contributed by atoms with Gasteiger partial charge in [-0.05, 0) is 36.6 Å². The zero-order valence-corrected chi connectivity index (χ0v) is 27.9. The number of carbonyl (C=O) groups excluding carboxylic acids is 7. The number of likely N-dealkylation sites (tertiary alicyclic amines) is 1. The van der Waals surface area contributed by atoms with Crippen LogP contribution in [0, 0.1) is 17.8 Å². The molecule has 1 fully saturated rings. The van der Waals surface area contributed by atoms with Crippen molar-refractivity contribution < 1.29 is 38.3 Å². The summed E-state index contributed by atoms with van der Waals surface area (Å²) >= 11 is 0. The molecule has 258 valence electrons. The molecule has 46 heavy (non-hydrogen) atoms. The van der Waals surface area contributed by atoms with E-state index in [4.69, 9.17) is 16.2 Å². The van der Waals surface area contributed by atoms with Crippen molar-refractivity contribution >= 4 is 47.2 Å². The standard InChI is InChI=1S/C25H34N4O7.C4H10N2O.C2H7N/c1-14(2)22(28-20(31)12-29-21(32)10-16(5)24(29)34)23(33)26-11-19(30)27-18-8-6-17(7-9-18)13-36-25(35)15(3)4;1-2-3-6-4(5)7;1-2-3/h6-9,14-16,22H,10-13H2,1-5H3,(H,26,33)(H,27,30)(H,28,31);2-3H2,1H3,(H3,5,6,7);2-3H2,1H3. The van der Waals surface area contributed by atoms with E-state index >= 15 is 0 Å². The van der Waals surface area contributed by atoms with E-state index in [-0.39, 0.29) is 37.4 Å². The quantitative estimate of drug-likeness (QED) is 0.132. The van der Waals surface area contributed by atoms with Gasteiger partial charge in [-0.25, -0.2) is 4.79 Å². The summed E-state index contributed by atoms with van der Waals surface area (Å²) in [5.74, 6) is -3.80. The summed E-state index contributed by atoms with van der Waals surface area (Å²) in [4.78, 5) is 83.5. The lowest BCUT2D eigenvalue weighted by atomic mass is 10.0. The van der Waals surface area contributed by atoms with Crippen LogP contribution in [0.2, 0.25) is 0 Å². The third-order valence-electron chi connectivity index (χ3n) is 6.10. The van der Waals surface area contributed by atoms with Gasteiger partial charge in [0.25, 0.3) is 0 Å². The van der Waals surface area contributed by atoms with Crippen LogP contribution in [0.25, 0.3) is 0 Å². The number of hydrogen-bond acceptors (Lipinski definition) is 9. The van der Waals surface area contributed by atoms with Gasteiger partial charge in [0.05, 0.1) is 12.5 Å². The predicted molar refractivity (Wildman–Crippen MR) is 173 cm³/mol. The molecule has 2 atom stereocenters. The molecule has 15 heteroatoms. The smallest absolute Gasteiger partial charge is 0.312 e. The summed E-state index contributed by atoms with van der Waals surface area (Å²) in [6, 6.07) is 5.32. The number of imide groups is 1. The topological polar surface area (TPSA) is 232 Å². The molecule has 2 rings (SSSR count). The number of rotatable bonds is 13. The van der Waals surface area contributed by atoms with Gasteiger partial charge in [-0.15, -0.1) is 0 Å². The number of benzene rings is 1. The highest BCUT2D eigenvalue weighted by Crippen LogP contribution is 2.18. The predicted octanol–water partition coefficient (Wildman–Crippen LogP) is 1.01. The van der Waals surface area contributed by atoms with Crippen LogP contribution in [0.4, 0.5) is 10.5 Å². The number of urea groups is 1. The van der Waals surface area contributed by atoms with Crippen molar-refractivity contribution in [3.05, 3.63) is 29.8 Å². The number of nitrogens with zero attached hydrogens (tertiary/aromatic N) is 1. The molecule has 8 N–H and O–H groups in total. The van der Waals surface area contributed by atoms with Crippen LogP contribution in [-0.4, -0.2) is 78.7 Å². The Morgan fingerprint density at radius 3 is 2.00 bits per heavy atom. The van der Waals surface area contributed by atoms with Gasteiger partial charge in [0.1, 0.15) is 19.2 Å². The van der Waals surface area contributed by atoms with Gasteiger partial charge in [0.15, 0.2) is 0 Å². The number of hydrogen-bond donors (Lipinski definition) is 6. The maximum atomic E-state index is 12.6. The van der Waals surface area contributed by atoms with E-state index in [0.29, 0.717) is 12.2 Å². The number of nitrogens with one attached hydrogen (secondary N) is 4. The normalized spacial score (nSPS) is 14.3. The highest BCUT2D eigenvalue weighted by atomic mass is 16.5. The zero-order chi connectivity index (χ0) is 35.4. The maximum Gasteiger partial charge on any atom is 0.312 e. The Bertz CT molecular complexity index is 1170. The van der Waals surface area contributed by atoms with E-state index < -0.39 is 54.1 Å². The van der Waals surface area contributed by atoms with Gasteiger partial charge in [-0.1, -0.05) is 60.6 Å². The first-order valence-electron chi connectivity index (χ1n) is 15.3. The second kappa shape index (κ2) is 22.1. The molecule has 0 spiro atoms. The number of anilines is 1. The number of carbonyl (C=O) groups is 7. The van der Waals surface area contributed by atoms with Gasteiger partial charge in [-0.3, -0.25) is 33.7 Å². The van der Waals surface area contributed by atoms with Crippen molar-refractivity contribution in [2.24, 2.45) is 29.2 Å². The number of nitrogens with two attached hydrogens (primary N) is 2. The Labute approximate surface area is 270 Å². The summed E-state index contributed by atoms with van der Waals surface area (Å²) in [7, 11) is 0. The van der Waals surface area contributed by atoms with Crippen molar-refractivity contribution in [2.75, 3.05) is 31.5 Å². The monoisotopic (exact) mass is 649 g/mol. The molecule has 1 aliphatic rings. The molecule has 0 aromatic heterocycles. The average Bonchev–Trinajstić information content (AvgIpc) is 3.23. The largest absolute Gasteiger partial charge is 0.461 e. The fraction of sp³-hybridized carbons (Fsp3) is 0.581. The van der Waals surface area contributed by atoms with Crippen LogP contribution in [0.5, 0.6) is 0 Å². The lowest BCUT2D eigenvalue weighted by molar-refractivity contribution is -0.148. The summed E-state index contributed by atoms with van der Waals surface area (Å²) < 4.78 is 5.16. The number of amides is 7. The van der Waals surface area contributed by atoms with Crippen LogP contribution in [-0.2, 0) is 40.1 Å². The number of primary amides is 1. The average molecular weight is 650 g/mol. The summed E-state index contributed by atoms with van der Waals surface area (Å²) in [6.07, 6.45) is 0.993. The van der Waals surface area contributed by atoms with Crippen LogP contribution in [0.3, 0.4) is 0 Å². The molecule has 1 aromatic carbocycles. The van der Waals surface area contributed by atoms with Crippen molar-refractivity contribution in [3.8, 4) is 0 Å². The molecular weight excluding hydrogens is 598 g/mol. The molecular formula is C31H51N7O8. The first kappa shape index (κ1) is 41.5. The Balaban J connectivity index is 0.00000176. The van der Waals surface area contributed by atoms with Crippen LogP contribution in [0.15, 0.2) is 24.3 Å². The van der Waals surface area contributed by atoms with Gasteiger partial charge < -0.3 is 37.5 Å². The lowest BCUT2D eigenvalue weighted by Crippen LogP contribution is -2.53. The Hall–Kier alpha value is -4.53. The minimum Gasteiger partial charge on any atom is -0.461 e. The Morgan fingerprint density at radius 2 is 1.57 bits per heavy atom. The fourth-order valence-electron chi connectivity index (χ4n) is 3.65. The van der Waals surface area contributed by atoms with Crippen LogP contribution in [0.1, 0.15) is 66.9 Å². The first-order chi connectivity index (χ1) is 21.6. The third kappa shape index (κ3) is 16.5. The summed E-state index contributed by atoms with van der Waals surface area (Å²) in [5, 5.41) is 10.1. The fourth-order valence-corrected chi connectivity index (χ4v) is 3.65. The van der Waals surface area contributed by atoms with Crippen molar-refractivity contribution in [1.29, 1.82) is 0 Å². The minimum atomic E-state index is -0.955. The van der Waals surface area contributed by atoms with Crippen molar-refractivity contribution in [3.63, 3.8) is 0 Å². The molecule has 0 radical (unpaired) electrons. The summed E-state index contributed by atoms with van der Waals surface area (Å²) in [5.41, 5.74) is 10.8. The van der Waals surface area contributed by atoms with Gasteiger partial charge in [0.2, 0.25) is 29.5 Å².